The molecule has 1 nitrogen and oxygen atoms in total. The molecule has 0 spiro atoms. The molecule has 0 radical (unpaired) electrons. The van der Waals surface area contributed by atoms with Gasteiger partial charge in [-0.25, -0.2) is 8.78 Å². The largest absolute Gasteiger partial charge is 0.309 e. The molecule has 0 amide bonds. The number of hydrogen-bond acceptors (Lipinski definition) is 1. The second kappa shape index (κ2) is 5.99. The molecule has 0 bridgehead atoms. The Balaban J connectivity index is 2.56. The van der Waals surface area contributed by atoms with Crippen molar-refractivity contribution in [3.63, 3.8) is 0 Å². The zero-order valence-corrected chi connectivity index (χ0v) is 12.4. The van der Waals surface area contributed by atoms with Gasteiger partial charge in [-0.2, -0.15) is 0 Å². The van der Waals surface area contributed by atoms with Crippen LogP contribution in [-0.2, 0) is 0 Å². The summed E-state index contributed by atoms with van der Waals surface area (Å²) in [6.07, 6.45) is 0. The lowest BCUT2D eigenvalue weighted by Crippen LogP contribution is -2.19. The van der Waals surface area contributed by atoms with Crippen molar-refractivity contribution in [2.24, 2.45) is 0 Å². The van der Waals surface area contributed by atoms with Crippen LogP contribution >= 0.6 is 27.5 Å². The van der Waals surface area contributed by atoms with Crippen LogP contribution in [0.3, 0.4) is 0 Å². The molecule has 2 rings (SSSR count). The van der Waals surface area contributed by atoms with Crippen molar-refractivity contribution in [1.29, 1.82) is 0 Å². The summed E-state index contributed by atoms with van der Waals surface area (Å²) in [4.78, 5) is 0. The summed E-state index contributed by atoms with van der Waals surface area (Å²) in [5.74, 6) is -0.752. The van der Waals surface area contributed by atoms with Gasteiger partial charge >= 0.3 is 0 Å². The van der Waals surface area contributed by atoms with E-state index in [0.29, 0.717) is 20.6 Å². The van der Waals surface area contributed by atoms with Crippen molar-refractivity contribution in [1.82, 2.24) is 5.32 Å². The standard InChI is InChI=1S/C14H11BrClF2N/c1-19-14(9-3-2-4-12(18)13(9)15)10-7-8(17)5-6-11(10)16/h2-7,14,19H,1H3. The van der Waals surface area contributed by atoms with Crippen LogP contribution in [0.4, 0.5) is 8.78 Å². The molecular formula is C14H11BrClF2N. The molecular weight excluding hydrogens is 336 g/mol. The fraction of sp³-hybridized carbons (Fsp3) is 0.143. The molecule has 0 aliphatic carbocycles. The topological polar surface area (TPSA) is 12.0 Å². The summed E-state index contributed by atoms with van der Waals surface area (Å²) >= 11 is 9.31. The average Bonchev–Trinajstić information content (AvgIpc) is 2.39. The van der Waals surface area contributed by atoms with E-state index in [1.54, 1.807) is 19.2 Å². The molecule has 19 heavy (non-hydrogen) atoms. The Morgan fingerprint density at radius 3 is 2.58 bits per heavy atom. The van der Waals surface area contributed by atoms with Gasteiger partial charge in [0, 0.05) is 5.02 Å². The van der Waals surface area contributed by atoms with Crippen LogP contribution in [0.5, 0.6) is 0 Å². The second-order valence-electron chi connectivity index (χ2n) is 4.03. The third-order valence-corrected chi connectivity index (χ3v) is 4.03. The summed E-state index contributed by atoms with van der Waals surface area (Å²) < 4.78 is 27.3. The minimum Gasteiger partial charge on any atom is -0.309 e. The number of hydrogen-bond donors (Lipinski definition) is 1. The van der Waals surface area contributed by atoms with E-state index >= 15 is 0 Å². The Morgan fingerprint density at radius 1 is 1.16 bits per heavy atom. The van der Waals surface area contributed by atoms with Gasteiger partial charge in [-0.05, 0) is 58.4 Å². The summed E-state index contributed by atoms with van der Waals surface area (Å²) in [6.45, 7) is 0. The molecule has 2 aromatic rings. The molecule has 5 heteroatoms. The van der Waals surface area contributed by atoms with E-state index in [1.165, 1.54) is 24.3 Å². The Morgan fingerprint density at radius 2 is 1.89 bits per heavy atom. The zero-order chi connectivity index (χ0) is 14.0. The van der Waals surface area contributed by atoms with Crippen molar-refractivity contribution in [3.8, 4) is 0 Å². The summed E-state index contributed by atoms with van der Waals surface area (Å²) in [7, 11) is 1.71. The number of halogens is 4. The molecule has 1 N–H and O–H groups in total. The van der Waals surface area contributed by atoms with Gasteiger partial charge in [-0.1, -0.05) is 23.7 Å². The fourth-order valence-corrected chi connectivity index (χ4v) is 2.68. The van der Waals surface area contributed by atoms with Gasteiger partial charge in [0.1, 0.15) is 11.6 Å². The molecule has 100 valence electrons. The van der Waals surface area contributed by atoms with Crippen LogP contribution in [0.1, 0.15) is 17.2 Å². The monoisotopic (exact) mass is 345 g/mol. The molecule has 0 saturated heterocycles. The molecule has 0 heterocycles. The Bertz CT molecular complexity index is 602. The lowest BCUT2D eigenvalue weighted by molar-refractivity contribution is 0.602. The third kappa shape index (κ3) is 2.96. The first-order valence-corrected chi connectivity index (χ1v) is 6.77. The van der Waals surface area contributed by atoms with Crippen LogP contribution in [0, 0.1) is 11.6 Å². The summed E-state index contributed by atoms with van der Waals surface area (Å²) in [5.41, 5.74) is 1.23. The van der Waals surface area contributed by atoms with E-state index in [0.717, 1.165) is 0 Å². The predicted molar refractivity (Wildman–Crippen MR) is 76.4 cm³/mol. The molecule has 0 saturated carbocycles. The van der Waals surface area contributed by atoms with Crippen molar-refractivity contribution in [2.45, 2.75) is 6.04 Å². The predicted octanol–water partition coefficient (Wildman–Crippen LogP) is 4.69. The summed E-state index contributed by atoms with van der Waals surface area (Å²) in [6, 6.07) is 8.45. The third-order valence-electron chi connectivity index (χ3n) is 2.85. The van der Waals surface area contributed by atoms with Crippen LogP contribution < -0.4 is 5.32 Å². The Labute approximate surface area is 123 Å². The van der Waals surface area contributed by atoms with Gasteiger partial charge in [0.2, 0.25) is 0 Å². The average molecular weight is 347 g/mol. The first kappa shape index (κ1) is 14.4. The van der Waals surface area contributed by atoms with Crippen LogP contribution in [0.15, 0.2) is 40.9 Å². The maximum absolute atomic E-state index is 13.6. The van der Waals surface area contributed by atoms with Gasteiger partial charge < -0.3 is 5.32 Å². The number of rotatable bonds is 3. The zero-order valence-electron chi connectivity index (χ0n) is 10.1. The van der Waals surface area contributed by atoms with Crippen molar-refractivity contribution in [3.05, 3.63) is 68.7 Å². The fourth-order valence-electron chi connectivity index (χ4n) is 1.96. The quantitative estimate of drug-likeness (QED) is 0.850. The highest BCUT2D eigenvalue weighted by atomic mass is 79.9. The molecule has 0 aliphatic rings. The first-order valence-electron chi connectivity index (χ1n) is 5.60. The normalized spacial score (nSPS) is 12.5. The second-order valence-corrected chi connectivity index (χ2v) is 5.23. The van der Waals surface area contributed by atoms with Crippen molar-refractivity contribution >= 4 is 27.5 Å². The SMILES string of the molecule is CNC(c1cc(F)ccc1Cl)c1cccc(F)c1Br. The van der Waals surface area contributed by atoms with Gasteiger partial charge in [-0.15, -0.1) is 0 Å². The van der Waals surface area contributed by atoms with E-state index in [2.05, 4.69) is 21.2 Å². The van der Waals surface area contributed by atoms with Gasteiger partial charge in [0.15, 0.2) is 0 Å². The van der Waals surface area contributed by atoms with E-state index in [-0.39, 0.29) is 11.6 Å². The maximum atomic E-state index is 13.6. The highest BCUT2D eigenvalue weighted by Crippen LogP contribution is 2.33. The number of nitrogens with one attached hydrogen (secondary N) is 1. The maximum Gasteiger partial charge on any atom is 0.137 e. The molecule has 2 aromatic carbocycles. The van der Waals surface area contributed by atoms with Gasteiger partial charge in [0.25, 0.3) is 0 Å². The van der Waals surface area contributed by atoms with Crippen molar-refractivity contribution in [2.75, 3.05) is 7.05 Å². The first-order chi connectivity index (χ1) is 9.04. The van der Waals surface area contributed by atoms with E-state index in [1.807, 2.05) is 0 Å². The lowest BCUT2D eigenvalue weighted by atomic mass is 9.98. The summed E-state index contributed by atoms with van der Waals surface area (Å²) in [5, 5.41) is 3.45. The lowest BCUT2D eigenvalue weighted by Gasteiger charge is -2.20. The highest BCUT2D eigenvalue weighted by Gasteiger charge is 2.19. The highest BCUT2D eigenvalue weighted by molar-refractivity contribution is 9.10. The van der Waals surface area contributed by atoms with E-state index in [4.69, 9.17) is 11.6 Å². The van der Waals surface area contributed by atoms with Crippen LogP contribution in [0.2, 0.25) is 5.02 Å². The number of benzene rings is 2. The van der Waals surface area contributed by atoms with Crippen LogP contribution in [-0.4, -0.2) is 7.05 Å². The minimum absolute atomic E-state index is 0.342. The Kier molecular flexibility index (Phi) is 4.55. The van der Waals surface area contributed by atoms with Gasteiger partial charge in [-0.3, -0.25) is 0 Å². The van der Waals surface area contributed by atoms with Crippen LogP contribution in [0.25, 0.3) is 0 Å². The Hall–Kier alpha value is -0.970. The van der Waals surface area contributed by atoms with Gasteiger partial charge in [0.05, 0.1) is 10.5 Å². The molecule has 0 fully saturated rings. The molecule has 0 aromatic heterocycles. The van der Waals surface area contributed by atoms with E-state index < -0.39 is 6.04 Å². The smallest absolute Gasteiger partial charge is 0.137 e. The molecule has 1 unspecified atom stereocenters. The van der Waals surface area contributed by atoms with Crippen molar-refractivity contribution < 1.29 is 8.78 Å². The molecule has 1 atom stereocenters. The minimum atomic E-state index is -0.395. The van der Waals surface area contributed by atoms with E-state index in [9.17, 15) is 8.78 Å². The molecule has 0 aliphatic heterocycles.